The number of carbonyl (C=O) groups is 1. The molecule has 0 bridgehead atoms. The summed E-state index contributed by atoms with van der Waals surface area (Å²) < 4.78 is 38.9. The van der Waals surface area contributed by atoms with Crippen LogP contribution in [0.2, 0.25) is 0 Å². The van der Waals surface area contributed by atoms with Crippen LogP contribution in [-0.4, -0.2) is 39.9 Å². The Kier molecular flexibility index (Phi) is 5.83. The van der Waals surface area contributed by atoms with Gasteiger partial charge in [0.15, 0.2) is 0 Å². The second-order valence-corrected chi connectivity index (χ2v) is 10.4. The number of nitrogens with zero attached hydrogens (tertiary/aromatic N) is 3. The highest BCUT2D eigenvalue weighted by molar-refractivity contribution is 7.15. The molecule has 2 aromatic heterocycles. The fourth-order valence-electron chi connectivity index (χ4n) is 4.76. The Balaban J connectivity index is 1.31. The highest BCUT2D eigenvalue weighted by atomic mass is 32.1. The maximum Gasteiger partial charge on any atom is 0.416 e. The average Bonchev–Trinajstić information content (AvgIpc) is 3.30. The summed E-state index contributed by atoms with van der Waals surface area (Å²) in [4.78, 5) is 25.1. The molecule has 1 saturated carbocycles. The Morgan fingerprint density at radius 3 is 2.71 bits per heavy atom. The number of benzene rings is 1. The molecule has 1 spiro atoms. The fourth-order valence-corrected chi connectivity index (χ4v) is 5.68. The van der Waals surface area contributed by atoms with Gasteiger partial charge in [-0.05, 0) is 55.7 Å². The molecule has 1 amide bonds. The van der Waals surface area contributed by atoms with Crippen molar-refractivity contribution in [3.63, 3.8) is 0 Å². The van der Waals surface area contributed by atoms with E-state index in [4.69, 9.17) is 0 Å². The number of anilines is 1. The lowest BCUT2D eigenvalue weighted by atomic mass is 10.0. The average molecular weight is 487 g/mol. The lowest BCUT2D eigenvalue weighted by Crippen LogP contribution is -2.37. The molecule has 2 fully saturated rings. The lowest BCUT2D eigenvalue weighted by Gasteiger charge is -2.24. The molecule has 0 unspecified atom stereocenters. The Hall–Kier alpha value is -2.94. The Labute approximate surface area is 200 Å². The zero-order valence-electron chi connectivity index (χ0n) is 18.7. The van der Waals surface area contributed by atoms with E-state index in [0.717, 1.165) is 53.0 Å². The first-order valence-electron chi connectivity index (χ1n) is 11.4. The van der Waals surface area contributed by atoms with Gasteiger partial charge in [-0.1, -0.05) is 30.3 Å². The Bertz CT molecular complexity index is 1190. The number of nitrogens with one attached hydrogen (secondary N) is 1. The number of hydrogen-bond donors (Lipinski definition) is 1. The van der Waals surface area contributed by atoms with E-state index in [-0.39, 0.29) is 23.2 Å². The van der Waals surface area contributed by atoms with Crippen LogP contribution in [0.25, 0.3) is 10.4 Å². The van der Waals surface area contributed by atoms with Crippen molar-refractivity contribution in [2.24, 2.45) is 5.41 Å². The largest absolute Gasteiger partial charge is 0.416 e. The summed E-state index contributed by atoms with van der Waals surface area (Å²) in [6.07, 6.45) is 0.518. The van der Waals surface area contributed by atoms with Crippen LogP contribution in [0.5, 0.6) is 0 Å². The number of likely N-dealkylation sites (tertiary alicyclic amines) is 1. The lowest BCUT2D eigenvalue weighted by molar-refractivity contribution is -0.137. The van der Waals surface area contributed by atoms with Gasteiger partial charge in [0.25, 0.3) is 5.91 Å². The van der Waals surface area contributed by atoms with Crippen molar-refractivity contribution < 1.29 is 18.0 Å². The highest BCUT2D eigenvalue weighted by Crippen LogP contribution is 2.55. The number of hydrogen-bond acceptors (Lipinski definition) is 5. The van der Waals surface area contributed by atoms with Gasteiger partial charge in [0, 0.05) is 25.3 Å². The predicted molar refractivity (Wildman–Crippen MR) is 126 cm³/mol. The first kappa shape index (κ1) is 22.8. The van der Waals surface area contributed by atoms with Gasteiger partial charge in [-0.15, -0.1) is 11.3 Å². The predicted octanol–water partition coefficient (Wildman–Crippen LogP) is 6.03. The topological polar surface area (TPSA) is 58.1 Å². The van der Waals surface area contributed by atoms with E-state index in [1.54, 1.807) is 0 Å². The van der Waals surface area contributed by atoms with E-state index in [2.05, 4.69) is 15.3 Å². The normalized spacial score (nSPS) is 18.9. The second-order valence-electron chi connectivity index (χ2n) is 9.21. The fraction of sp³-hybridized carbons (Fsp3) is 0.400. The van der Waals surface area contributed by atoms with Crippen LogP contribution in [-0.2, 0) is 6.18 Å². The summed E-state index contributed by atoms with van der Waals surface area (Å²) in [5, 5.41) is 3.85. The van der Waals surface area contributed by atoms with Crippen molar-refractivity contribution in [2.45, 2.75) is 44.8 Å². The SMILES string of the molecule is Cc1nc(C(=O)N2CC3(CC3)C[C@H]2CCNc2cc(C(F)(F)F)ccn2)c(-c2ccccc2)s1. The summed E-state index contributed by atoms with van der Waals surface area (Å²) in [6.45, 7) is 3.05. The number of rotatable bonds is 6. The van der Waals surface area contributed by atoms with Crippen LogP contribution in [0.1, 0.15) is 46.7 Å². The van der Waals surface area contributed by atoms with Crippen LogP contribution in [0.15, 0.2) is 48.7 Å². The molecule has 1 saturated heterocycles. The second kappa shape index (κ2) is 8.69. The van der Waals surface area contributed by atoms with Gasteiger partial charge in [0.2, 0.25) is 0 Å². The molecule has 2 aliphatic rings. The van der Waals surface area contributed by atoms with Crippen molar-refractivity contribution >= 4 is 23.1 Å². The number of aromatic nitrogens is 2. The quantitative estimate of drug-likeness (QED) is 0.462. The maximum atomic E-state index is 13.7. The van der Waals surface area contributed by atoms with Crippen molar-refractivity contribution in [3.8, 4) is 10.4 Å². The van der Waals surface area contributed by atoms with Crippen molar-refractivity contribution in [3.05, 3.63) is 64.9 Å². The van der Waals surface area contributed by atoms with Gasteiger partial charge in [-0.2, -0.15) is 13.2 Å². The first-order chi connectivity index (χ1) is 16.2. The number of halogens is 3. The zero-order chi connectivity index (χ0) is 23.9. The van der Waals surface area contributed by atoms with Crippen molar-refractivity contribution in [1.29, 1.82) is 0 Å². The Morgan fingerprint density at radius 1 is 1.24 bits per heavy atom. The Morgan fingerprint density at radius 2 is 2.00 bits per heavy atom. The first-order valence-corrected chi connectivity index (χ1v) is 12.2. The minimum Gasteiger partial charge on any atom is -0.370 e. The molecule has 1 aliphatic heterocycles. The molecule has 5 rings (SSSR count). The number of thiazole rings is 1. The third-order valence-corrected chi connectivity index (χ3v) is 7.70. The maximum absolute atomic E-state index is 13.7. The third-order valence-electron chi connectivity index (χ3n) is 6.68. The molecule has 9 heteroatoms. The van der Waals surface area contributed by atoms with Crippen LogP contribution >= 0.6 is 11.3 Å². The molecule has 1 atom stereocenters. The molecule has 3 heterocycles. The number of aryl methyl sites for hydroxylation is 1. The van der Waals surface area contributed by atoms with Crippen LogP contribution in [0.3, 0.4) is 0 Å². The van der Waals surface area contributed by atoms with E-state index < -0.39 is 11.7 Å². The minimum absolute atomic E-state index is 0.0129. The molecule has 5 nitrogen and oxygen atoms in total. The number of carbonyl (C=O) groups excluding carboxylic acids is 1. The number of amides is 1. The summed E-state index contributed by atoms with van der Waals surface area (Å²) in [6, 6.07) is 11.8. The van der Waals surface area contributed by atoms with Crippen LogP contribution in [0.4, 0.5) is 19.0 Å². The number of pyridine rings is 1. The van der Waals surface area contributed by atoms with Crippen LogP contribution < -0.4 is 5.32 Å². The van der Waals surface area contributed by atoms with Gasteiger partial charge >= 0.3 is 6.18 Å². The molecule has 178 valence electrons. The highest BCUT2D eigenvalue weighted by Gasteiger charge is 2.53. The van der Waals surface area contributed by atoms with Gasteiger partial charge in [0.05, 0.1) is 15.4 Å². The van der Waals surface area contributed by atoms with E-state index >= 15 is 0 Å². The molecule has 0 radical (unpaired) electrons. The summed E-state index contributed by atoms with van der Waals surface area (Å²) in [5.41, 5.74) is 0.925. The van der Waals surface area contributed by atoms with Crippen LogP contribution in [0, 0.1) is 12.3 Å². The van der Waals surface area contributed by atoms with Gasteiger partial charge < -0.3 is 10.2 Å². The minimum atomic E-state index is -4.41. The molecule has 34 heavy (non-hydrogen) atoms. The molecular formula is C25H25F3N4OS. The molecular weight excluding hydrogens is 461 g/mol. The monoisotopic (exact) mass is 486 g/mol. The molecule has 1 N–H and O–H groups in total. The molecule has 1 aliphatic carbocycles. The zero-order valence-corrected chi connectivity index (χ0v) is 19.5. The van der Waals surface area contributed by atoms with Crippen molar-refractivity contribution in [2.75, 3.05) is 18.4 Å². The molecule has 3 aromatic rings. The summed E-state index contributed by atoms with van der Waals surface area (Å²) in [7, 11) is 0. The van der Waals surface area contributed by atoms with Gasteiger partial charge in [-0.3, -0.25) is 4.79 Å². The third kappa shape index (κ3) is 4.66. The van der Waals surface area contributed by atoms with E-state index in [9.17, 15) is 18.0 Å². The summed E-state index contributed by atoms with van der Waals surface area (Å²) >= 11 is 1.52. The van der Waals surface area contributed by atoms with E-state index in [1.165, 1.54) is 11.3 Å². The summed E-state index contributed by atoms with van der Waals surface area (Å²) in [5.74, 6) is 0.127. The van der Waals surface area contributed by atoms with Crippen molar-refractivity contribution in [1.82, 2.24) is 14.9 Å². The van der Waals surface area contributed by atoms with E-state index in [1.807, 2.05) is 42.2 Å². The molecule has 1 aromatic carbocycles. The van der Waals surface area contributed by atoms with E-state index in [0.29, 0.717) is 25.2 Å². The van der Waals surface area contributed by atoms with Gasteiger partial charge in [0.1, 0.15) is 11.5 Å². The van der Waals surface area contributed by atoms with Gasteiger partial charge in [-0.25, -0.2) is 9.97 Å². The smallest absolute Gasteiger partial charge is 0.370 e. The standard InChI is InChI=1S/C25H25F3N4OS/c1-16-31-21(22(34-16)17-5-3-2-4-6-17)23(33)32-15-24(9-10-24)14-19(32)8-12-30-20-13-18(7-11-29-20)25(26,27)28/h2-7,11,13,19H,8-10,12,14-15H2,1H3,(H,29,30)/t19-/m1/s1. The number of alkyl halides is 3.